The van der Waals surface area contributed by atoms with Crippen LogP contribution in [0.4, 0.5) is 17.5 Å². The lowest BCUT2D eigenvalue weighted by Gasteiger charge is -2.30. The van der Waals surface area contributed by atoms with Gasteiger partial charge in [-0.05, 0) is 65.4 Å². The molecule has 1 N–H and O–H groups in total. The summed E-state index contributed by atoms with van der Waals surface area (Å²) in [5, 5.41) is 3.37. The number of aromatic nitrogens is 2. The van der Waals surface area contributed by atoms with E-state index >= 15 is 0 Å². The maximum absolute atomic E-state index is 4.67. The van der Waals surface area contributed by atoms with Crippen molar-refractivity contribution in [3.05, 3.63) is 40.5 Å². The van der Waals surface area contributed by atoms with Crippen molar-refractivity contribution >= 4 is 33.4 Å². The highest BCUT2D eigenvalue weighted by Gasteiger charge is 2.18. The van der Waals surface area contributed by atoms with Gasteiger partial charge in [-0.1, -0.05) is 13.0 Å². The molecule has 1 atom stereocenters. The number of anilines is 3. The van der Waals surface area contributed by atoms with E-state index in [9.17, 15) is 0 Å². The second-order valence-corrected chi connectivity index (χ2v) is 6.90. The number of rotatable bonds is 3. The Hall–Kier alpha value is -1.62. The molecule has 0 saturated carbocycles. The molecule has 1 fully saturated rings. The fourth-order valence-corrected chi connectivity index (χ4v) is 3.39. The van der Waals surface area contributed by atoms with Crippen molar-refractivity contribution in [3.8, 4) is 0 Å². The number of hydrogen-bond donors (Lipinski definition) is 1. The highest BCUT2D eigenvalue weighted by Crippen LogP contribution is 2.27. The molecule has 0 aliphatic carbocycles. The summed E-state index contributed by atoms with van der Waals surface area (Å²) in [6.45, 7) is 6.45. The van der Waals surface area contributed by atoms with Crippen LogP contribution in [0.2, 0.25) is 0 Å². The summed E-state index contributed by atoms with van der Waals surface area (Å²) in [5.74, 6) is 2.35. The van der Waals surface area contributed by atoms with Gasteiger partial charge in [0.1, 0.15) is 5.82 Å². The first-order valence-corrected chi connectivity index (χ1v) is 8.52. The van der Waals surface area contributed by atoms with Crippen molar-refractivity contribution in [2.75, 3.05) is 23.3 Å². The first-order chi connectivity index (χ1) is 10.6. The van der Waals surface area contributed by atoms with E-state index in [2.05, 4.69) is 68.2 Å². The predicted octanol–water partition coefficient (Wildman–Crippen LogP) is 4.53. The third-order valence-corrected chi connectivity index (χ3v) is 4.63. The Labute approximate surface area is 140 Å². The van der Waals surface area contributed by atoms with Crippen LogP contribution in [0.5, 0.6) is 0 Å². The van der Waals surface area contributed by atoms with E-state index in [1.165, 1.54) is 18.4 Å². The van der Waals surface area contributed by atoms with E-state index in [0.29, 0.717) is 5.92 Å². The summed E-state index contributed by atoms with van der Waals surface area (Å²) in [6, 6.07) is 8.14. The molecule has 1 aliphatic rings. The molecule has 2 aromatic rings. The van der Waals surface area contributed by atoms with E-state index in [0.717, 1.165) is 35.0 Å². The SMILES string of the molecule is Cc1ccc(Nc2ccnc(N3CCCC(C)C3)n2)c(Br)c1. The molecule has 1 aromatic carbocycles. The normalized spacial score (nSPS) is 18.3. The number of hydrogen-bond acceptors (Lipinski definition) is 4. The zero-order valence-electron chi connectivity index (χ0n) is 13.0. The number of benzene rings is 1. The van der Waals surface area contributed by atoms with Crippen molar-refractivity contribution in [2.24, 2.45) is 5.92 Å². The summed E-state index contributed by atoms with van der Waals surface area (Å²) in [7, 11) is 0. The quantitative estimate of drug-likeness (QED) is 0.872. The molecule has 0 spiro atoms. The van der Waals surface area contributed by atoms with Gasteiger partial charge in [0, 0.05) is 23.8 Å². The van der Waals surface area contributed by atoms with Crippen LogP contribution in [0, 0.1) is 12.8 Å². The molecule has 0 amide bonds. The highest BCUT2D eigenvalue weighted by atomic mass is 79.9. The second-order valence-electron chi connectivity index (χ2n) is 6.04. The van der Waals surface area contributed by atoms with Crippen LogP contribution in [0.1, 0.15) is 25.3 Å². The summed E-state index contributed by atoms with van der Waals surface area (Å²) in [6.07, 6.45) is 4.34. The Balaban J connectivity index is 1.79. The van der Waals surface area contributed by atoms with Crippen molar-refractivity contribution in [1.29, 1.82) is 0 Å². The Bertz CT molecular complexity index is 659. The molecule has 4 nitrogen and oxygen atoms in total. The van der Waals surface area contributed by atoms with Crippen molar-refractivity contribution in [1.82, 2.24) is 9.97 Å². The molecule has 0 radical (unpaired) electrons. The lowest BCUT2D eigenvalue weighted by atomic mass is 10.0. The minimum atomic E-state index is 0.709. The van der Waals surface area contributed by atoms with Gasteiger partial charge in [0.15, 0.2) is 0 Å². The fraction of sp³-hybridized carbons (Fsp3) is 0.412. The third-order valence-electron chi connectivity index (χ3n) is 3.97. The van der Waals surface area contributed by atoms with Gasteiger partial charge in [0.05, 0.1) is 5.69 Å². The van der Waals surface area contributed by atoms with Crippen LogP contribution in [0.15, 0.2) is 34.9 Å². The first-order valence-electron chi connectivity index (χ1n) is 7.73. The Morgan fingerprint density at radius 2 is 2.18 bits per heavy atom. The zero-order valence-corrected chi connectivity index (χ0v) is 14.6. The van der Waals surface area contributed by atoms with Crippen molar-refractivity contribution in [3.63, 3.8) is 0 Å². The van der Waals surface area contributed by atoms with E-state index in [-0.39, 0.29) is 0 Å². The number of piperidine rings is 1. The molecule has 1 unspecified atom stereocenters. The highest BCUT2D eigenvalue weighted by molar-refractivity contribution is 9.10. The standard InChI is InChI=1S/C17H21BrN4/c1-12-5-6-15(14(18)10-12)20-16-7-8-19-17(21-16)22-9-3-4-13(2)11-22/h5-8,10,13H,3-4,9,11H2,1-2H3,(H,19,20,21). The fourth-order valence-electron chi connectivity index (χ4n) is 2.80. The summed E-state index contributed by atoms with van der Waals surface area (Å²) >= 11 is 3.59. The van der Waals surface area contributed by atoms with Gasteiger partial charge in [-0.25, -0.2) is 4.98 Å². The van der Waals surface area contributed by atoms with Crippen LogP contribution in [0.25, 0.3) is 0 Å². The number of nitrogens with zero attached hydrogens (tertiary/aromatic N) is 3. The molecular formula is C17H21BrN4. The largest absolute Gasteiger partial charge is 0.341 e. The van der Waals surface area contributed by atoms with Crippen molar-refractivity contribution < 1.29 is 0 Å². The predicted molar refractivity (Wildman–Crippen MR) is 94.8 cm³/mol. The average Bonchev–Trinajstić information content (AvgIpc) is 2.50. The number of halogens is 1. The van der Waals surface area contributed by atoms with Gasteiger partial charge in [-0.3, -0.25) is 0 Å². The summed E-state index contributed by atoms with van der Waals surface area (Å²) in [4.78, 5) is 11.4. The number of aryl methyl sites for hydroxylation is 1. The smallest absolute Gasteiger partial charge is 0.227 e. The molecular weight excluding hydrogens is 340 g/mol. The Morgan fingerprint density at radius 1 is 1.32 bits per heavy atom. The van der Waals surface area contributed by atoms with E-state index < -0.39 is 0 Å². The lowest BCUT2D eigenvalue weighted by Crippen LogP contribution is -2.35. The molecule has 2 heterocycles. The van der Waals surface area contributed by atoms with E-state index in [1.807, 2.05) is 12.3 Å². The number of nitrogens with one attached hydrogen (secondary N) is 1. The van der Waals surface area contributed by atoms with Gasteiger partial charge in [-0.2, -0.15) is 4.98 Å². The molecule has 1 aromatic heterocycles. The van der Waals surface area contributed by atoms with Crippen LogP contribution in [-0.2, 0) is 0 Å². The van der Waals surface area contributed by atoms with Gasteiger partial charge in [0.2, 0.25) is 5.95 Å². The summed E-state index contributed by atoms with van der Waals surface area (Å²) in [5.41, 5.74) is 2.24. The topological polar surface area (TPSA) is 41.1 Å². The maximum Gasteiger partial charge on any atom is 0.227 e. The lowest BCUT2D eigenvalue weighted by molar-refractivity contribution is 0.442. The minimum Gasteiger partial charge on any atom is -0.341 e. The Morgan fingerprint density at radius 3 is 2.95 bits per heavy atom. The first kappa shape index (κ1) is 15.3. The summed E-state index contributed by atoms with van der Waals surface area (Å²) < 4.78 is 1.04. The molecule has 0 bridgehead atoms. The maximum atomic E-state index is 4.67. The molecule has 22 heavy (non-hydrogen) atoms. The van der Waals surface area contributed by atoms with E-state index in [4.69, 9.17) is 0 Å². The van der Waals surface area contributed by atoms with Crippen LogP contribution in [0.3, 0.4) is 0 Å². The van der Waals surface area contributed by atoms with Crippen molar-refractivity contribution in [2.45, 2.75) is 26.7 Å². The van der Waals surface area contributed by atoms with Gasteiger partial charge in [-0.15, -0.1) is 0 Å². The third kappa shape index (κ3) is 3.58. The van der Waals surface area contributed by atoms with Crippen LogP contribution < -0.4 is 10.2 Å². The second kappa shape index (κ2) is 6.65. The Kier molecular flexibility index (Phi) is 4.62. The molecule has 116 valence electrons. The molecule has 1 aliphatic heterocycles. The van der Waals surface area contributed by atoms with Gasteiger partial charge >= 0.3 is 0 Å². The zero-order chi connectivity index (χ0) is 15.5. The van der Waals surface area contributed by atoms with Crippen LogP contribution in [-0.4, -0.2) is 23.1 Å². The minimum absolute atomic E-state index is 0.709. The molecule has 1 saturated heterocycles. The van der Waals surface area contributed by atoms with E-state index in [1.54, 1.807) is 0 Å². The van der Waals surface area contributed by atoms with Crippen LogP contribution >= 0.6 is 15.9 Å². The van der Waals surface area contributed by atoms with Gasteiger partial charge < -0.3 is 10.2 Å². The monoisotopic (exact) mass is 360 g/mol. The molecule has 5 heteroatoms. The van der Waals surface area contributed by atoms with Gasteiger partial charge in [0.25, 0.3) is 0 Å². The average molecular weight is 361 g/mol. The molecule has 3 rings (SSSR count).